The van der Waals surface area contributed by atoms with Gasteiger partial charge in [-0.3, -0.25) is 4.98 Å². The lowest BCUT2D eigenvalue weighted by atomic mass is 9.94. The summed E-state index contributed by atoms with van der Waals surface area (Å²) in [6.07, 6.45) is 3.70. The van der Waals surface area contributed by atoms with Gasteiger partial charge in [0.1, 0.15) is 6.07 Å². The Bertz CT molecular complexity index is 5340. The SMILES string of the molecule is N#Cc1c(-n2c3ccc(-c4ccccc4)cc3c3cc(-c4ccccc4)ccc32)cc(-n2c3ccc(-c4ccccc4)cc3c3cc(-c4ccccc4)ccc32)c(-n2c3ccc(-c4ccccc4)cc3c3cc(-c4ccccc4)ccc32)c1-c1ccncc1. The smallest absolute Gasteiger partial charge is 0.102 e. The molecule has 89 heavy (non-hydrogen) atoms. The molecule has 0 spiro atoms. The number of rotatable bonds is 10. The average Bonchev–Trinajstić information content (AvgIpc) is 1.74. The van der Waals surface area contributed by atoms with Crippen molar-refractivity contribution in [1.82, 2.24) is 18.7 Å². The van der Waals surface area contributed by atoms with Gasteiger partial charge in [0.15, 0.2) is 0 Å². The van der Waals surface area contributed by atoms with Crippen LogP contribution in [0, 0.1) is 11.3 Å². The van der Waals surface area contributed by atoms with E-state index in [1.807, 2.05) is 12.4 Å². The number of hydrogen-bond acceptors (Lipinski definition) is 2. The summed E-state index contributed by atoms with van der Waals surface area (Å²) in [5.41, 5.74) is 24.3. The lowest BCUT2D eigenvalue weighted by molar-refractivity contribution is 1.07. The van der Waals surface area contributed by atoms with Crippen LogP contribution in [0.3, 0.4) is 0 Å². The molecule has 0 aliphatic carbocycles. The van der Waals surface area contributed by atoms with Gasteiger partial charge in [-0.15, -0.1) is 0 Å². The van der Waals surface area contributed by atoms with Crippen molar-refractivity contribution in [3.63, 3.8) is 0 Å². The van der Waals surface area contributed by atoms with Crippen LogP contribution >= 0.6 is 0 Å². The summed E-state index contributed by atoms with van der Waals surface area (Å²) in [6, 6.07) is 114. The predicted molar refractivity (Wildman–Crippen MR) is 370 cm³/mol. The molecule has 4 heterocycles. The number of aromatic nitrogens is 4. The van der Waals surface area contributed by atoms with Crippen molar-refractivity contribution in [3.05, 3.63) is 327 Å². The molecule has 0 saturated heterocycles. The number of hydrogen-bond donors (Lipinski definition) is 0. The molecule has 0 bridgehead atoms. The van der Waals surface area contributed by atoms with Crippen LogP contribution in [-0.4, -0.2) is 18.7 Å². The summed E-state index contributed by atoms with van der Waals surface area (Å²) in [7, 11) is 0. The molecule has 17 rings (SSSR count). The van der Waals surface area contributed by atoms with Crippen LogP contribution in [0.4, 0.5) is 0 Å². The Hall–Kier alpha value is -12.1. The fourth-order valence-electron chi connectivity index (χ4n) is 13.8. The van der Waals surface area contributed by atoms with Gasteiger partial charge in [0.05, 0.1) is 55.7 Å². The van der Waals surface area contributed by atoms with Gasteiger partial charge >= 0.3 is 0 Å². The Balaban J connectivity index is 1.06. The molecule has 0 fully saturated rings. The molecule has 17 aromatic rings. The first kappa shape index (κ1) is 51.3. The summed E-state index contributed by atoms with van der Waals surface area (Å²) in [5.74, 6) is 0. The number of benzene rings is 13. The molecule has 0 saturated carbocycles. The Labute approximate surface area is 514 Å². The molecule has 0 N–H and O–H groups in total. The molecule has 4 aromatic heterocycles. The van der Waals surface area contributed by atoms with Crippen LogP contribution < -0.4 is 0 Å². The number of fused-ring (bicyclic) bond motifs is 9. The molecule has 0 radical (unpaired) electrons. The highest BCUT2D eigenvalue weighted by Crippen LogP contribution is 2.49. The monoisotopic (exact) mass is 1130 g/mol. The normalized spacial score (nSPS) is 11.6. The van der Waals surface area contributed by atoms with Crippen LogP contribution in [-0.2, 0) is 0 Å². The minimum Gasteiger partial charge on any atom is -0.308 e. The highest BCUT2D eigenvalue weighted by atomic mass is 15.1. The lowest BCUT2D eigenvalue weighted by Crippen LogP contribution is -2.11. The summed E-state index contributed by atoms with van der Waals surface area (Å²) in [6.45, 7) is 0. The van der Waals surface area contributed by atoms with E-state index in [1.54, 1.807) is 0 Å². The van der Waals surface area contributed by atoms with E-state index in [-0.39, 0.29) is 0 Å². The molecule has 5 nitrogen and oxygen atoms in total. The summed E-state index contributed by atoms with van der Waals surface area (Å²) >= 11 is 0. The first-order valence-corrected chi connectivity index (χ1v) is 30.2. The van der Waals surface area contributed by atoms with Gasteiger partial charge in [0.2, 0.25) is 0 Å². The number of nitrogens with zero attached hydrogens (tertiary/aromatic N) is 5. The van der Waals surface area contributed by atoms with Gasteiger partial charge in [-0.1, -0.05) is 218 Å². The Morgan fingerprint density at radius 1 is 0.236 bits per heavy atom. The van der Waals surface area contributed by atoms with Crippen LogP contribution in [0.25, 0.3) is 160 Å². The Morgan fingerprint density at radius 3 is 0.764 bits per heavy atom. The van der Waals surface area contributed by atoms with Gasteiger partial charge in [0, 0.05) is 50.3 Å². The van der Waals surface area contributed by atoms with Gasteiger partial charge in [-0.2, -0.15) is 5.26 Å². The maximum Gasteiger partial charge on any atom is 0.102 e. The zero-order chi connectivity index (χ0) is 58.9. The van der Waals surface area contributed by atoms with Gasteiger partial charge in [-0.05, 0) is 163 Å². The highest BCUT2D eigenvalue weighted by Gasteiger charge is 2.30. The fraction of sp³-hybridized carbons (Fsp3) is 0. The molecule has 0 aliphatic heterocycles. The van der Waals surface area contributed by atoms with Crippen molar-refractivity contribution >= 4 is 65.4 Å². The van der Waals surface area contributed by atoms with E-state index in [2.05, 4.69) is 334 Å². The second-order valence-electron chi connectivity index (χ2n) is 23.0. The van der Waals surface area contributed by atoms with E-state index < -0.39 is 0 Å². The third-order valence-electron chi connectivity index (χ3n) is 18.0. The maximum atomic E-state index is 12.5. The van der Waals surface area contributed by atoms with E-state index in [0.717, 1.165) is 160 Å². The number of nitriles is 1. The van der Waals surface area contributed by atoms with Crippen LogP contribution in [0.2, 0.25) is 0 Å². The first-order valence-electron chi connectivity index (χ1n) is 30.2. The van der Waals surface area contributed by atoms with Gasteiger partial charge < -0.3 is 13.7 Å². The minimum absolute atomic E-state index is 0.531. The molecule has 0 unspecified atom stereocenters. The van der Waals surface area contributed by atoms with Gasteiger partial charge in [0.25, 0.3) is 0 Å². The lowest BCUT2D eigenvalue weighted by Gasteiger charge is -2.25. The van der Waals surface area contributed by atoms with Crippen molar-refractivity contribution < 1.29 is 0 Å². The van der Waals surface area contributed by atoms with Crippen molar-refractivity contribution in [3.8, 4) is 101 Å². The standard InChI is InChI=1S/C84H53N5/c85-54-74-81(87-75-37-31-62(55-19-7-1-8-20-55)47-68(75)69-48-63(32-38-76(69)87)56-21-9-2-10-22-56)53-82(88-77-39-33-64(57-23-11-3-12-24-57)49-70(77)71-50-65(34-40-78(71)88)58-25-13-4-14-26-58)84(83(74)61-43-45-86-46-44-61)89-79-41-35-66(59-27-15-5-16-28-59)51-72(79)73-52-67(36-42-80(73)89)60-29-17-6-18-30-60/h1-53H. The molecular weight excluding hydrogens is 1080 g/mol. The van der Waals surface area contributed by atoms with Crippen LogP contribution in [0.15, 0.2) is 322 Å². The minimum atomic E-state index is 0.531. The molecule has 0 aliphatic rings. The average molecular weight is 1130 g/mol. The van der Waals surface area contributed by atoms with Crippen LogP contribution in [0.1, 0.15) is 5.56 Å². The van der Waals surface area contributed by atoms with Crippen molar-refractivity contribution in [2.24, 2.45) is 0 Å². The van der Waals surface area contributed by atoms with E-state index >= 15 is 0 Å². The van der Waals surface area contributed by atoms with Crippen LogP contribution in [0.5, 0.6) is 0 Å². The molecule has 0 amide bonds. The first-order chi connectivity index (χ1) is 44.1. The van der Waals surface area contributed by atoms with Crippen molar-refractivity contribution in [2.45, 2.75) is 0 Å². The second kappa shape index (κ2) is 21.1. The summed E-state index contributed by atoms with van der Waals surface area (Å²) < 4.78 is 7.27. The predicted octanol–water partition coefficient (Wildman–Crippen LogP) is 21.9. The van der Waals surface area contributed by atoms with E-state index in [9.17, 15) is 5.26 Å². The van der Waals surface area contributed by atoms with E-state index in [1.165, 1.54) is 0 Å². The Kier molecular flexibility index (Phi) is 12.2. The molecule has 414 valence electrons. The van der Waals surface area contributed by atoms with Crippen molar-refractivity contribution in [2.75, 3.05) is 0 Å². The van der Waals surface area contributed by atoms with E-state index in [4.69, 9.17) is 0 Å². The second-order valence-corrected chi connectivity index (χ2v) is 23.0. The largest absolute Gasteiger partial charge is 0.308 e. The third kappa shape index (κ3) is 8.57. The third-order valence-corrected chi connectivity index (χ3v) is 18.0. The number of pyridine rings is 1. The fourth-order valence-corrected chi connectivity index (χ4v) is 13.8. The summed E-state index contributed by atoms with van der Waals surface area (Å²) in [5, 5.41) is 19.1. The highest BCUT2D eigenvalue weighted by molar-refractivity contribution is 6.16. The maximum absolute atomic E-state index is 12.5. The molecule has 13 aromatic carbocycles. The zero-order valence-corrected chi connectivity index (χ0v) is 48.3. The van der Waals surface area contributed by atoms with Crippen molar-refractivity contribution in [1.29, 1.82) is 5.26 Å². The van der Waals surface area contributed by atoms with Gasteiger partial charge in [-0.25, -0.2) is 0 Å². The Morgan fingerprint density at radius 2 is 0.494 bits per heavy atom. The quantitative estimate of drug-likeness (QED) is 0.137. The zero-order valence-electron chi connectivity index (χ0n) is 48.3. The topological polar surface area (TPSA) is 51.5 Å². The summed E-state index contributed by atoms with van der Waals surface area (Å²) in [4.78, 5) is 4.64. The molecular formula is C84H53N5. The molecule has 0 atom stereocenters. The molecule has 5 heteroatoms. The van der Waals surface area contributed by atoms with E-state index in [0.29, 0.717) is 5.56 Å².